The van der Waals surface area contributed by atoms with Gasteiger partial charge in [0.1, 0.15) is 12.6 Å². The molecule has 180 valence electrons. The number of ether oxygens (including phenoxy) is 1. The molecule has 7 heteroatoms. The van der Waals surface area contributed by atoms with Crippen LogP contribution in [0.2, 0.25) is 0 Å². The number of aliphatic carboxylic acids is 1. The van der Waals surface area contributed by atoms with Gasteiger partial charge in [0, 0.05) is 12.0 Å². The van der Waals surface area contributed by atoms with E-state index in [1.165, 1.54) is 0 Å². The molecule has 0 radical (unpaired) electrons. The predicted molar refractivity (Wildman–Crippen MR) is 128 cm³/mol. The smallest absolute Gasteiger partial charge is 0.407 e. The van der Waals surface area contributed by atoms with E-state index in [2.05, 4.69) is 34.9 Å². The minimum atomic E-state index is -0.852. The number of rotatable bonds is 8. The number of amides is 2. The van der Waals surface area contributed by atoms with E-state index in [0.717, 1.165) is 47.9 Å². The fraction of sp³-hybridized carbons (Fsp3) is 0.444. The SMILES string of the molecule is CCC(NC(=O)OCC1c2ccccc2-c2ccccc21)C(=O)N[C@H]1CCCC[C@H]1CC(=O)O. The van der Waals surface area contributed by atoms with Crippen molar-refractivity contribution >= 4 is 18.0 Å². The van der Waals surface area contributed by atoms with Gasteiger partial charge in [0.25, 0.3) is 0 Å². The molecule has 1 unspecified atom stereocenters. The minimum Gasteiger partial charge on any atom is -0.481 e. The summed E-state index contributed by atoms with van der Waals surface area (Å²) in [4.78, 5) is 36.7. The summed E-state index contributed by atoms with van der Waals surface area (Å²) in [7, 11) is 0. The highest BCUT2D eigenvalue weighted by atomic mass is 16.5. The Morgan fingerprint density at radius 3 is 2.24 bits per heavy atom. The molecule has 0 heterocycles. The van der Waals surface area contributed by atoms with Gasteiger partial charge >= 0.3 is 12.1 Å². The third-order valence-corrected chi connectivity index (χ3v) is 7.03. The number of carbonyl (C=O) groups excluding carboxylic acids is 2. The average molecular weight is 465 g/mol. The maximum absolute atomic E-state index is 12.9. The molecule has 4 rings (SSSR count). The first-order valence-corrected chi connectivity index (χ1v) is 12.1. The lowest BCUT2D eigenvalue weighted by Gasteiger charge is -2.32. The zero-order valence-electron chi connectivity index (χ0n) is 19.5. The van der Waals surface area contributed by atoms with Crippen LogP contribution in [0.25, 0.3) is 11.1 Å². The number of fused-ring (bicyclic) bond motifs is 3. The number of alkyl carbamates (subject to hydrolysis) is 1. The third kappa shape index (κ3) is 5.24. The molecule has 0 aromatic heterocycles. The van der Waals surface area contributed by atoms with Crippen molar-refractivity contribution in [2.24, 2.45) is 5.92 Å². The molecule has 34 heavy (non-hydrogen) atoms. The van der Waals surface area contributed by atoms with Gasteiger partial charge in [-0.05, 0) is 47.4 Å². The summed E-state index contributed by atoms with van der Waals surface area (Å²) in [5.74, 6) is -1.28. The summed E-state index contributed by atoms with van der Waals surface area (Å²) in [5, 5.41) is 14.9. The summed E-state index contributed by atoms with van der Waals surface area (Å²) in [6.07, 6.45) is 3.29. The van der Waals surface area contributed by atoms with Crippen LogP contribution in [-0.4, -0.2) is 41.8 Å². The first kappa shape index (κ1) is 23.8. The largest absolute Gasteiger partial charge is 0.481 e. The Labute approximate surface area is 199 Å². The molecule has 3 N–H and O–H groups in total. The molecule has 0 bridgehead atoms. The highest BCUT2D eigenvalue weighted by Crippen LogP contribution is 2.44. The number of carbonyl (C=O) groups is 3. The van der Waals surface area contributed by atoms with Crippen molar-refractivity contribution in [3.63, 3.8) is 0 Å². The molecule has 1 fully saturated rings. The number of hydrogen-bond acceptors (Lipinski definition) is 4. The third-order valence-electron chi connectivity index (χ3n) is 7.03. The predicted octanol–water partition coefficient (Wildman–Crippen LogP) is 4.45. The summed E-state index contributed by atoms with van der Waals surface area (Å²) in [6.45, 7) is 2.00. The maximum Gasteiger partial charge on any atom is 0.407 e. The molecule has 2 aliphatic rings. The highest BCUT2D eigenvalue weighted by molar-refractivity contribution is 5.86. The molecule has 0 aliphatic heterocycles. The fourth-order valence-corrected chi connectivity index (χ4v) is 5.28. The van der Waals surface area contributed by atoms with Crippen LogP contribution < -0.4 is 10.6 Å². The van der Waals surface area contributed by atoms with Crippen molar-refractivity contribution in [2.75, 3.05) is 6.61 Å². The number of hydrogen-bond donors (Lipinski definition) is 3. The van der Waals surface area contributed by atoms with Crippen molar-refractivity contribution in [3.05, 3.63) is 59.7 Å². The van der Waals surface area contributed by atoms with Crippen LogP contribution in [0.15, 0.2) is 48.5 Å². The first-order valence-electron chi connectivity index (χ1n) is 12.1. The Kier molecular flexibility index (Phi) is 7.50. The quantitative estimate of drug-likeness (QED) is 0.535. The first-order chi connectivity index (χ1) is 16.5. The molecule has 2 aliphatic carbocycles. The van der Waals surface area contributed by atoms with Crippen LogP contribution in [0.3, 0.4) is 0 Å². The number of carboxylic acid groups (broad SMARTS) is 1. The van der Waals surface area contributed by atoms with Crippen LogP contribution in [0.1, 0.15) is 62.5 Å². The van der Waals surface area contributed by atoms with Gasteiger partial charge in [0.2, 0.25) is 5.91 Å². The minimum absolute atomic E-state index is 0.0432. The summed E-state index contributed by atoms with van der Waals surface area (Å²) >= 11 is 0. The van der Waals surface area contributed by atoms with E-state index in [1.807, 2.05) is 31.2 Å². The number of carboxylic acids is 1. The molecule has 0 spiro atoms. The van der Waals surface area contributed by atoms with Crippen molar-refractivity contribution in [3.8, 4) is 11.1 Å². The lowest BCUT2D eigenvalue weighted by atomic mass is 9.82. The van der Waals surface area contributed by atoms with Gasteiger partial charge in [-0.1, -0.05) is 68.3 Å². The lowest BCUT2D eigenvalue weighted by molar-refractivity contribution is -0.139. The number of benzene rings is 2. The van der Waals surface area contributed by atoms with Gasteiger partial charge in [-0.15, -0.1) is 0 Å². The molecule has 2 aromatic rings. The van der Waals surface area contributed by atoms with Gasteiger partial charge in [0.05, 0.1) is 6.42 Å². The van der Waals surface area contributed by atoms with Crippen molar-refractivity contribution < 1.29 is 24.2 Å². The number of nitrogens with one attached hydrogen (secondary N) is 2. The monoisotopic (exact) mass is 464 g/mol. The standard InChI is InChI=1S/C27H32N2O5/c1-2-23(26(32)28-24-14-8-3-9-17(24)15-25(30)31)29-27(33)34-16-22-20-12-6-4-10-18(20)19-11-5-7-13-21(19)22/h4-7,10-13,17,22-24H,2-3,8-9,14-16H2,1H3,(H,28,32)(H,29,33)(H,30,31)/t17-,23?,24-/m0/s1. The molecule has 7 nitrogen and oxygen atoms in total. The van der Waals surface area contributed by atoms with E-state index in [-0.39, 0.29) is 36.8 Å². The Morgan fingerprint density at radius 2 is 1.62 bits per heavy atom. The van der Waals surface area contributed by atoms with Gasteiger partial charge < -0.3 is 20.5 Å². The maximum atomic E-state index is 12.9. The van der Waals surface area contributed by atoms with Crippen LogP contribution in [0, 0.1) is 5.92 Å². The van der Waals surface area contributed by atoms with Crippen molar-refractivity contribution in [2.45, 2.75) is 63.5 Å². The molecular formula is C27H32N2O5. The van der Waals surface area contributed by atoms with E-state index in [1.54, 1.807) is 0 Å². The van der Waals surface area contributed by atoms with Crippen LogP contribution in [-0.2, 0) is 14.3 Å². The summed E-state index contributed by atoms with van der Waals surface area (Å²) < 4.78 is 5.58. The molecule has 0 saturated heterocycles. The molecule has 1 saturated carbocycles. The Bertz CT molecular complexity index is 1010. The van der Waals surface area contributed by atoms with E-state index < -0.39 is 18.1 Å². The second kappa shape index (κ2) is 10.7. The fourth-order valence-electron chi connectivity index (χ4n) is 5.28. The Hall–Kier alpha value is -3.35. The second-order valence-electron chi connectivity index (χ2n) is 9.19. The zero-order chi connectivity index (χ0) is 24.1. The normalized spacial score (nSPS) is 20.0. The lowest BCUT2D eigenvalue weighted by Crippen LogP contribution is -2.52. The molecule has 2 amide bonds. The van der Waals surface area contributed by atoms with Crippen LogP contribution >= 0.6 is 0 Å². The summed E-state index contributed by atoms with van der Waals surface area (Å²) in [5.41, 5.74) is 4.56. The van der Waals surface area contributed by atoms with Crippen molar-refractivity contribution in [1.82, 2.24) is 10.6 Å². The van der Waals surface area contributed by atoms with E-state index in [4.69, 9.17) is 4.74 Å². The van der Waals surface area contributed by atoms with Gasteiger partial charge in [-0.2, -0.15) is 0 Å². The average Bonchev–Trinajstić information content (AvgIpc) is 3.16. The molecule has 3 atom stereocenters. The van der Waals surface area contributed by atoms with E-state index >= 15 is 0 Å². The highest BCUT2D eigenvalue weighted by Gasteiger charge is 2.32. The Balaban J connectivity index is 1.35. The summed E-state index contributed by atoms with van der Waals surface area (Å²) in [6, 6.07) is 15.3. The van der Waals surface area contributed by atoms with Gasteiger partial charge in [0.15, 0.2) is 0 Å². The van der Waals surface area contributed by atoms with Crippen LogP contribution in [0.5, 0.6) is 0 Å². The van der Waals surface area contributed by atoms with E-state index in [9.17, 15) is 19.5 Å². The second-order valence-corrected chi connectivity index (χ2v) is 9.19. The molecule has 2 aromatic carbocycles. The Morgan fingerprint density at radius 1 is 1.00 bits per heavy atom. The van der Waals surface area contributed by atoms with E-state index in [0.29, 0.717) is 6.42 Å². The van der Waals surface area contributed by atoms with Gasteiger partial charge in [-0.25, -0.2) is 4.79 Å². The van der Waals surface area contributed by atoms with Crippen LogP contribution in [0.4, 0.5) is 4.79 Å². The zero-order valence-corrected chi connectivity index (χ0v) is 19.5. The topological polar surface area (TPSA) is 105 Å². The van der Waals surface area contributed by atoms with Crippen molar-refractivity contribution in [1.29, 1.82) is 0 Å². The molecular weight excluding hydrogens is 432 g/mol. The van der Waals surface area contributed by atoms with Gasteiger partial charge in [-0.3, -0.25) is 9.59 Å².